The molecule has 0 atom stereocenters. The van der Waals surface area contributed by atoms with Gasteiger partial charge < -0.3 is 14.9 Å². The van der Waals surface area contributed by atoms with Gasteiger partial charge in [0.15, 0.2) is 5.69 Å². The number of aromatic carboxylic acids is 1. The zero-order valence-electron chi connectivity index (χ0n) is 10.6. The number of ether oxygens (including phenoxy) is 1. The number of phenolic OH excluding ortho intramolecular Hbond substituents is 1. The summed E-state index contributed by atoms with van der Waals surface area (Å²) in [5.41, 5.74) is 1.79. The highest BCUT2D eigenvalue weighted by molar-refractivity contribution is 5.85. The molecule has 0 fully saturated rings. The number of aryl methyl sites for hydroxylation is 1. The first kappa shape index (κ1) is 13.1. The Balaban J connectivity index is 2.56. The number of phenols is 1. The lowest BCUT2D eigenvalue weighted by molar-refractivity contribution is 0.0690. The molecule has 1 aromatic heterocycles. The number of hydrogen-bond acceptors (Lipinski definition) is 4. The van der Waals surface area contributed by atoms with Crippen LogP contribution in [0.4, 0.5) is 0 Å². The number of benzene rings is 1. The number of rotatable bonds is 4. The molecular formula is C13H14N2O4. The van der Waals surface area contributed by atoms with Gasteiger partial charge in [-0.05, 0) is 30.7 Å². The van der Waals surface area contributed by atoms with Crippen LogP contribution in [-0.4, -0.2) is 33.1 Å². The summed E-state index contributed by atoms with van der Waals surface area (Å²) in [5.74, 6) is -1.08. The monoisotopic (exact) mass is 262 g/mol. The second-order valence-electron chi connectivity index (χ2n) is 4.16. The Morgan fingerprint density at radius 3 is 2.74 bits per heavy atom. The minimum absolute atomic E-state index is 0.0393. The fourth-order valence-electron chi connectivity index (χ4n) is 1.80. The summed E-state index contributed by atoms with van der Waals surface area (Å²) in [6.07, 6.45) is 0. The van der Waals surface area contributed by atoms with Crippen LogP contribution in [0, 0.1) is 6.92 Å². The van der Waals surface area contributed by atoms with Gasteiger partial charge in [0.1, 0.15) is 11.4 Å². The van der Waals surface area contributed by atoms with Gasteiger partial charge in [-0.3, -0.25) is 0 Å². The van der Waals surface area contributed by atoms with Gasteiger partial charge in [-0.25, -0.2) is 9.48 Å². The van der Waals surface area contributed by atoms with Gasteiger partial charge in [-0.1, -0.05) is 6.07 Å². The largest absolute Gasteiger partial charge is 0.506 e. The van der Waals surface area contributed by atoms with Crippen LogP contribution in [0.1, 0.15) is 21.7 Å². The van der Waals surface area contributed by atoms with Gasteiger partial charge in [0.25, 0.3) is 0 Å². The fraction of sp³-hybridized carbons (Fsp3) is 0.231. The van der Waals surface area contributed by atoms with Crippen molar-refractivity contribution < 1.29 is 19.7 Å². The third-order valence-electron chi connectivity index (χ3n) is 2.65. The van der Waals surface area contributed by atoms with Crippen molar-refractivity contribution in [2.75, 3.05) is 7.11 Å². The third kappa shape index (κ3) is 2.58. The van der Waals surface area contributed by atoms with Crippen molar-refractivity contribution in [1.82, 2.24) is 9.78 Å². The molecule has 0 aliphatic rings. The van der Waals surface area contributed by atoms with Crippen molar-refractivity contribution in [3.05, 3.63) is 41.2 Å². The molecule has 0 saturated carbocycles. The van der Waals surface area contributed by atoms with Crippen LogP contribution in [0.25, 0.3) is 5.69 Å². The summed E-state index contributed by atoms with van der Waals surface area (Å²) in [4.78, 5) is 11.0. The van der Waals surface area contributed by atoms with Crippen LogP contribution < -0.4 is 0 Å². The van der Waals surface area contributed by atoms with E-state index >= 15 is 0 Å². The molecule has 2 aromatic rings. The lowest BCUT2D eigenvalue weighted by atomic mass is 10.2. The molecule has 0 saturated heterocycles. The first-order chi connectivity index (χ1) is 9.02. The van der Waals surface area contributed by atoms with Crippen LogP contribution in [0.5, 0.6) is 5.75 Å². The molecule has 0 unspecified atom stereocenters. The molecule has 0 aliphatic heterocycles. The first-order valence-corrected chi connectivity index (χ1v) is 5.64. The number of aromatic hydroxyl groups is 1. The Hall–Kier alpha value is -2.34. The minimum Gasteiger partial charge on any atom is -0.506 e. The predicted molar refractivity (Wildman–Crippen MR) is 67.6 cm³/mol. The summed E-state index contributed by atoms with van der Waals surface area (Å²) < 4.78 is 6.39. The Bertz CT molecular complexity index is 619. The highest BCUT2D eigenvalue weighted by Gasteiger charge is 2.16. The van der Waals surface area contributed by atoms with Crippen LogP contribution >= 0.6 is 0 Å². The molecule has 6 heteroatoms. The Labute approximate surface area is 109 Å². The number of methoxy groups -OCH3 is 1. The van der Waals surface area contributed by atoms with Crippen molar-refractivity contribution in [3.63, 3.8) is 0 Å². The van der Waals surface area contributed by atoms with E-state index in [1.54, 1.807) is 12.1 Å². The molecule has 0 spiro atoms. The summed E-state index contributed by atoms with van der Waals surface area (Å²) in [6, 6.07) is 6.51. The molecule has 0 aliphatic carbocycles. The lowest BCUT2D eigenvalue weighted by Gasteiger charge is -2.09. The van der Waals surface area contributed by atoms with Gasteiger partial charge in [0, 0.05) is 7.11 Å². The Kier molecular flexibility index (Phi) is 3.52. The first-order valence-electron chi connectivity index (χ1n) is 5.64. The van der Waals surface area contributed by atoms with Crippen molar-refractivity contribution in [2.45, 2.75) is 13.5 Å². The molecule has 2 rings (SSSR count). The number of hydrogen-bond donors (Lipinski definition) is 2. The van der Waals surface area contributed by atoms with Crippen LogP contribution in [-0.2, 0) is 11.3 Å². The fourth-order valence-corrected chi connectivity index (χ4v) is 1.80. The molecule has 0 amide bonds. The number of carboxylic acid groups (broad SMARTS) is 1. The molecule has 6 nitrogen and oxygen atoms in total. The van der Waals surface area contributed by atoms with E-state index in [1.807, 2.05) is 13.0 Å². The van der Waals surface area contributed by atoms with Gasteiger partial charge in [0.05, 0.1) is 12.3 Å². The van der Waals surface area contributed by atoms with Crippen LogP contribution in [0.2, 0.25) is 0 Å². The zero-order valence-corrected chi connectivity index (χ0v) is 10.6. The van der Waals surface area contributed by atoms with Crippen molar-refractivity contribution in [2.24, 2.45) is 0 Å². The topological polar surface area (TPSA) is 84.6 Å². The van der Waals surface area contributed by atoms with Gasteiger partial charge in [0.2, 0.25) is 0 Å². The summed E-state index contributed by atoms with van der Waals surface area (Å²) in [7, 11) is 1.51. The van der Waals surface area contributed by atoms with E-state index in [1.165, 1.54) is 17.9 Å². The predicted octanol–water partition coefficient (Wildman–Crippen LogP) is 1.73. The van der Waals surface area contributed by atoms with Crippen molar-refractivity contribution >= 4 is 5.97 Å². The van der Waals surface area contributed by atoms with Crippen molar-refractivity contribution in [1.29, 1.82) is 0 Å². The molecule has 0 bridgehead atoms. The van der Waals surface area contributed by atoms with Crippen LogP contribution in [0.3, 0.4) is 0 Å². The third-order valence-corrected chi connectivity index (χ3v) is 2.65. The lowest BCUT2D eigenvalue weighted by Crippen LogP contribution is -2.05. The van der Waals surface area contributed by atoms with E-state index < -0.39 is 5.97 Å². The highest BCUT2D eigenvalue weighted by atomic mass is 16.5. The highest BCUT2D eigenvalue weighted by Crippen LogP contribution is 2.24. The SMILES string of the molecule is COCc1cc(C(=O)O)nn1-c1ccc(C)cc1O. The Morgan fingerprint density at radius 1 is 1.42 bits per heavy atom. The quantitative estimate of drug-likeness (QED) is 0.876. The smallest absolute Gasteiger partial charge is 0.356 e. The second-order valence-corrected chi connectivity index (χ2v) is 4.16. The molecule has 19 heavy (non-hydrogen) atoms. The zero-order chi connectivity index (χ0) is 14.0. The number of nitrogens with zero attached hydrogens (tertiary/aromatic N) is 2. The van der Waals surface area contributed by atoms with E-state index in [4.69, 9.17) is 9.84 Å². The van der Waals surface area contributed by atoms with Crippen molar-refractivity contribution in [3.8, 4) is 11.4 Å². The van der Waals surface area contributed by atoms with E-state index in [0.717, 1.165) is 5.56 Å². The molecular weight excluding hydrogens is 248 g/mol. The Morgan fingerprint density at radius 2 is 2.16 bits per heavy atom. The normalized spacial score (nSPS) is 10.6. The second kappa shape index (κ2) is 5.11. The van der Waals surface area contributed by atoms with E-state index in [0.29, 0.717) is 11.4 Å². The summed E-state index contributed by atoms with van der Waals surface area (Å²) in [6.45, 7) is 2.05. The van der Waals surface area contributed by atoms with Gasteiger partial charge in [-0.15, -0.1) is 0 Å². The van der Waals surface area contributed by atoms with E-state index in [9.17, 15) is 9.90 Å². The maximum atomic E-state index is 11.0. The molecule has 1 aromatic carbocycles. The maximum Gasteiger partial charge on any atom is 0.356 e. The average molecular weight is 262 g/mol. The maximum absolute atomic E-state index is 11.0. The minimum atomic E-state index is -1.12. The molecule has 1 heterocycles. The number of carbonyl (C=O) groups is 1. The average Bonchev–Trinajstić information content (AvgIpc) is 2.74. The van der Waals surface area contributed by atoms with Gasteiger partial charge in [-0.2, -0.15) is 5.10 Å². The molecule has 2 N–H and O–H groups in total. The standard InChI is InChI=1S/C13H14N2O4/c1-8-3-4-11(12(16)5-8)15-9(7-19-2)6-10(14-15)13(17)18/h3-6,16H,7H2,1-2H3,(H,17,18). The van der Waals surface area contributed by atoms with Crippen LogP contribution in [0.15, 0.2) is 24.3 Å². The summed E-state index contributed by atoms with van der Waals surface area (Å²) >= 11 is 0. The number of carboxylic acids is 1. The summed E-state index contributed by atoms with van der Waals surface area (Å²) in [5, 5.41) is 22.9. The number of aromatic nitrogens is 2. The van der Waals surface area contributed by atoms with E-state index in [2.05, 4.69) is 5.10 Å². The molecule has 100 valence electrons. The van der Waals surface area contributed by atoms with E-state index in [-0.39, 0.29) is 18.1 Å². The van der Waals surface area contributed by atoms with Gasteiger partial charge >= 0.3 is 5.97 Å². The molecule has 0 radical (unpaired) electrons.